The van der Waals surface area contributed by atoms with Crippen molar-refractivity contribution in [3.63, 3.8) is 0 Å². The molecule has 0 radical (unpaired) electrons. The molecule has 0 saturated heterocycles. The molecule has 2 unspecified atom stereocenters. The van der Waals surface area contributed by atoms with Gasteiger partial charge < -0.3 is 20.3 Å². The van der Waals surface area contributed by atoms with Crippen molar-refractivity contribution in [2.45, 2.75) is 30.9 Å². The fourth-order valence-corrected chi connectivity index (χ4v) is 2.19. The minimum Gasteiger partial charge on any atom is -0.480 e. The standard InChI is InChI=1S/C11H17N3O3/c1-16-8-6-13-9(10(14-8)17-2)11(15)4-3-7(12)5-11/h6-7,15H,3-5,12H2,1-2H3. The van der Waals surface area contributed by atoms with Crippen molar-refractivity contribution in [2.75, 3.05) is 14.2 Å². The van der Waals surface area contributed by atoms with Crippen LogP contribution in [0, 0.1) is 0 Å². The van der Waals surface area contributed by atoms with Gasteiger partial charge in [0.15, 0.2) is 0 Å². The molecule has 2 atom stereocenters. The first kappa shape index (κ1) is 12.1. The van der Waals surface area contributed by atoms with E-state index in [1.807, 2.05) is 0 Å². The van der Waals surface area contributed by atoms with E-state index in [4.69, 9.17) is 15.2 Å². The first-order valence-corrected chi connectivity index (χ1v) is 5.52. The third-order valence-electron chi connectivity index (χ3n) is 3.09. The van der Waals surface area contributed by atoms with Crippen LogP contribution in [0.5, 0.6) is 11.8 Å². The smallest absolute Gasteiger partial charge is 0.241 e. The van der Waals surface area contributed by atoms with E-state index in [-0.39, 0.29) is 6.04 Å². The first-order valence-electron chi connectivity index (χ1n) is 5.52. The molecule has 1 saturated carbocycles. The lowest BCUT2D eigenvalue weighted by Crippen LogP contribution is -2.27. The molecule has 1 aromatic rings. The SMILES string of the molecule is COc1cnc(C2(O)CCC(N)C2)c(OC)n1. The first-order chi connectivity index (χ1) is 8.09. The van der Waals surface area contributed by atoms with Crippen LogP contribution in [0.4, 0.5) is 0 Å². The van der Waals surface area contributed by atoms with Crippen LogP contribution in [0.25, 0.3) is 0 Å². The molecule has 0 aromatic carbocycles. The highest BCUT2D eigenvalue weighted by Gasteiger charge is 2.41. The van der Waals surface area contributed by atoms with Gasteiger partial charge in [-0.05, 0) is 19.3 Å². The number of aliphatic hydroxyl groups is 1. The zero-order valence-electron chi connectivity index (χ0n) is 10.0. The molecule has 0 bridgehead atoms. The molecule has 0 amide bonds. The second-order valence-corrected chi connectivity index (χ2v) is 4.30. The van der Waals surface area contributed by atoms with Gasteiger partial charge in [-0.1, -0.05) is 0 Å². The fourth-order valence-electron chi connectivity index (χ4n) is 2.19. The van der Waals surface area contributed by atoms with Crippen LogP contribution in [-0.2, 0) is 5.60 Å². The number of methoxy groups -OCH3 is 2. The van der Waals surface area contributed by atoms with Crippen molar-refractivity contribution in [1.29, 1.82) is 0 Å². The Morgan fingerprint density at radius 2 is 2.24 bits per heavy atom. The predicted molar refractivity (Wildman–Crippen MR) is 60.9 cm³/mol. The Kier molecular flexibility index (Phi) is 3.17. The van der Waals surface area contributed by atoms with E-state index in [1.165, 1.54) is 20.4 Å². The molecule has 1 aliphatic rings. The van der Waals surface area contributed by atoms with E-state index in [9.17, 15) is 5.11 Å². The summed E-state index contributed by atoms with van der Waals surface area (Å²) in [7, 11) is 2.99. The second kappa shape index (κ2) is 4.46. The highest BCUT2D eigenvalue weighted by atomic mass is 16.5. The Morgan fingerprint density at radius 3 is 2.76 bits per heavy atom. The summed E-state index contributed by atoms with van der Waals surface area (Å²) in [6.07, 6.45) is 3.29. The number of nitrogens with two attached hydrogens (primary N) is 1. The molecular formula is C11H17N3O3. The molecule has 0 spiro atoms. The Labute approximate surface area is 99.8 Å². The molecule has 1 heterocycles. The molecule has 3 N–H and O–H groups in total. The molecule has 1 aliphatic carbocycles. The van der Waals surface area contributed by atoms with Gasteiger partial charge in [0, 0.05) is 6.04 Å². The van der Waals surface area contributed by atoms with Crippen molar-refractivity contribution >= 4 is 0 Å². The number of nitrogens with zero attached hydrogens (tertiary/aromatic N) is 2. The summed E-state index contributed by atoms with van der Waals surface area (Å²) in [6.45, 7) is 0. The lowest BCUT2D eigenvalue weighted by atomic mass is 9.97. The van der Waals surface area contributed by atoms with Crippen LogP contribution in [0.3, 0.4) is 0 Å². The van der Waals surface area contributed by atoms with Gasteiger partial charge in [-0.15, -0.1) is 0 Å². The largest absolute Gasteiger partial charge is 0.480 e. The number of ether oxygens (including phenoxy) is 2. The van der Waals surface area contributed by atoms with E-state index < -0.39 is 5.60 Å². The minimum atomic E-state index is -1.04. The van der Waals surface area contributed by atoms with Gasteiger partial charge >= 0.3 is 0 Å². The number of rotatable bonds is 3. The molecule has 6 heteroatoms. The van der Waals surface area contributed by atoms with Crippen LogP contribution < -0.4 is 15.2 Å². The minimum absolute atomic E-state index is 0.00592. The maximum absolute atomic E-state index is 10.5. The summed E-state index contributed by atoms with van der Waals surface area (Å²) in [6, 6.07) is -0.00592. The summed E-state index contributed by atoms with van der Waals surface area (Å²) in [5.41, 5.74) is 5.22. The van der Waals surface area contributed by atoms with Gasteiger partial charge in [0.2, 0.25) is 11.8 Å². The molecular weight excluding hydrogens is 222 g/mol. The Bertz CT molecular complexity index is 413. The van der Waals surface area contributed by atoms with E-state index in [0.717, 1.165) is 6.42 Å². The van der Waals surface area contributed by atoms with Crippen LogP contribution in [0.15, 0.2) is 6.20 Å². The molecule has 6 nitrogen and oxygen atoms in total. The lowest BCUT2D eigenvalue weighted by molar-refractivity contribution is 0.0350. The summed E-state index contributed by atoms with van der Waals surface area (Å²) in [4.78, 5) is 8.31. The zero-order valence-corrected chi connectivity index (χ0v) is 10.0. The zero-order chi connectivity index (χ0) is 12.5. The molecule has 0 aliphatic heterocycles. The Balaban J connectivity index is 2.38. The Hall–Kier alpha value is -1.40. The topological polar surface area (TPSA) is 90.5 Å². The fraction of sp³-hybridized carbons (Fsp3) is 0.636. The van der Waals surface area contributed by atoms with Crippen molar-refractivity contribution in [3.8, 4) is 11.8 Å². The van der Waals surface area contributed by atoms with Crippen molar-refractivity contribution < 1.29 is 14.6 Å². The maximum Gasteiger partial charge on any atom is 0.241 e. The molecule has 17 heavy (non-hydrogen) atoms. The number of hydrogen-bond acceptors (Lipinski definition) is 6. The average Bonchev–Trinajstić information content (AvgIpc) is 2.69. The molecule has 1 aromatic heterocycles. The third kappa shape index (κ3) is 2.18. The highest BCUT2D eigenvalue weighted by Crippen LogP contribution is 2.40. The van der Waals surface area contributed by atoms with Crippen LogP contribution in [0.1, 0.15) is 25.0 Å². The average molecular weight is 239 g/mol. The summed E-state index contributed by atoms with van der Waals surface area (Å²) < 4.78 is 10.1. The third-order valence-corrected chi connectivity index (χ3v) is 3.09. The summed E-state index contributed by atoms with van der Waals surface area (Å²) >= 11 is 0. The van der Waals surface area contributed by atoms with E-state index in [0.29, 0.717) is 30.3 Å². The van der Waals surface area contributed by atoms with Crippen LogP contribution in [0.2, 0.25) is 0 Å². The summed E-state index contributed by atoms with van der Waals surface area (Å²) in [5, 5.41) is 10.5. The molecule has 1 fully saturated rings. The van der Waals surface area contributed by atoms with Crippen LogP contribution in [-0.4, -0.2) is 35.3 Å². The normalized spacial score (nSPS) is 28.1. The van der Waals surface area contributed by atoms with Gasteiger partial charge in [-0.25, -0.2) is 4.98 Å². The van der Waals surface area contributed by atoms with Gasteiger partial charge in [-0.3, -0.25) is 0 Å². The predicted octanol–water partition coefficient (Wildman–Crippen LogP) is 0.193. The maximum atomic E-state index is 10.5. The summed E-state index contributed by atoms with van der Waals surface area (Å²) in [5.74, 6) is 0.650. The van der Waals surface area contributed by atoms with Crippen LogP contribution >= 0.6 is 0 Å². The highest BCUT2D eigenvalue weighted by molar-refractivity contribution is 5.29. The second-order valence-electron chi connectivity index (χ2n) is 4.30. The molecule has 2 rings (SSSR count). The van der Waals surface area contributed by atoms with Crippen molar-refractivity contribution in [1.82, 2.24) is 9.97 Å². The lowest BCUT2D eigenvalue weighted by Gasteiger charge is -2.23. The van der Waals surface area contributed by atoms with E-state index >= 15 is 0 Å². The van der Waals surface area contributed by atoms with E-state index in [1.54, 1.807) is 0 Å². The van der Waals surface area contributed by atoms with Crippen molar-refractivity contribution in [2.24, 2.45) is 5.73 Å². The van der Waals surface area contributed by atoms with Gasteiger partial charge in [0.25, 0.3) is 0 Å². The quantitative estimate of drug-likeness (QED) is 0.782. The van der Waals surface area contributed by atoms with Crippen molar-refractivity contribution in [3.05, 3.63) is 11.9 Å². The number of aromatic nitrogens is 2. The van der Waals surface area contributed by atoms with E-state index in [2.05, 4.69) is 9.97 Å². The number of hydrogen-bond donors (Lipinski definition) is 2. The monoisotopic (exact) mass is 239 g/mol. The molecule has 94 valence electrons. The Morgan fingerprint density at radius 1 is 1.47 bits per heavy atom. The van der Waals surface area contributed by atoms with Gasteiger partial charge in [-0.2, -0.15) is 4.98 Å². The van der Waals surface area contributed by atoms with Gasteiger partial charge in [0.1, 0.15) is 11.3 Å². The van der Waals surface area contributed by atoms with Gasteiger partial charge in [0.05, 0.1) is 20.4 Å².